The van der Waals surface area contributed by atoms with Crippen molar-refractivity contribution < 1.29 is 9.90 Å². The fourth-order valence-electron chi connectivity index (χ4n) is 3.05. The van der Waals surface area contributed by atoms with Gasteiger partial charge in [-0.25, -0.2) is 10.4 Å². The first kappa shape index (κ1) is 15.8. The van der Waals surface area contributed by atoms with E-state index < -0.39 is 0 Å². The molecule has 0 saturated carbocycles. The molecule has 0 aliphatic carbocycles. The predicted molar refractivity (Wildman–Crippen MR) is 96.4 cm³/mol. The van der Waals surface area contributed by atoms with Gasteiger partial charge < -0.3 is 10.1 Å². The highest BCUT2D eigenvalue weighted by atomic mass is 35.5. The van der Waals surface area contributed by atoms with E-state index in [-0.39, 0.29) is 24.9 Å². The van der Waals surface area contributed by atoms with Crippen LogP contribution in [0.15, 0.2) is 47.7 Å². The molecule has 1 aromatic carbocycles. The number of aliphatic hydroxyl groups is 1. The Labute approximate surface area is 148 Å². The summed E-state index contributed by atoms with van der Waals surface area (Å²) in [6, 6.07) is 11.6. The molecule has 0 spiro atoms. The number of hydrazone groups is 1. The summed E-state index contributed by atoms with van der Waals surface area (Å²) in [5, 5.41) is 15.1. The van der Waals surface area contributed by atoms with Crippen molar-refractivity contribution in [2.75, 3.05) is 6.61 Å². The topological polar surface area (TPSA) is 90.4 Å². The molecule has 3 aromatic rings. The second-order valence-corrected chi connectivity index (χ2v) is 6.36. The normalized spacial score (nSPS) is 17.4. The first-order valence-corrected chi connectivity index (χ1v) is 8.24. The van der Waals surface area contributed by atoms with Gasteiger partial charge in [-0.15, -0.1) is 0 Å². The summed E-state index contributed by atoms with van der Waals surface area (Å²) in [4.78, 5) is 18.8. The molecule has 2 aromatic heterocycles. The van der Waals surface area contributed by atoms with Crippen LogP contribution in [0.4, 0.5) is 0 Å². The number of halogens is 1. The fraction of sp³-hybridized carbons (Fsp3) is 0.167. The van der Waals surface area contributed by atoms with Crippen molar-refractivity contribution in [2.24, 2.45) is 11.0 Å². The molecule has 3 heterocycles. The summed E-state index contributed by atoms with van der Waals surface area (Å²) in [5.74, 6) is -0.467. The molecular formula is C18H15ClN4O2. The van der Waals surface area contributed by atoms with E-state index >= 15 is 0 Å². The van der Waals surface area contributed by atoms with Crippen LogP contribution < -0.4 is 5.43 Å². The lowest BCUT2D eigenvalue weighted by Gasteiger charge is -2.20. The van der Waals surface area contributed by atoms with Crippen molar-refractivity contribution in [2.45, 2.75) is 6.42 Å². The van der Waals surface area contributed by atoms with Crippen LogP contribution in [0, 0.1) is 5.92 Å². The number of amides is 1. The lowest BCUT2D eigenvalue weighted by molar-refractivity contribution is -0.122. The number of aromatic nitrogens is 2. The number of pyridine rings is 1. The van der Waals surface area contributed by atoms with Crippen molar-refractivity contribution >= 4 is 34.1 Å². The molecular weight excluding hydrogens is 340 g/mol. The van der Waals surface area contributed by atoms with Gasteiger partial charge in [0.25, 0.3) is 0 Å². The molecule has 25 heavy (non-hydrogen) atoms. The van der Waals surface area contributed by atoms with Crippen molar-refractivity contribution in [1.82, 2.24) is 15.4 Å². The number of nitrogens with zero attached hydrogens (tertiary/aromatic N) is 2. The standard InChI is InChI=1S/C18H15ClN4O2/c19-16-7-10(3-4-20-16)15-6-12-5-11(1-2-14(12)21-15)18-13(9-24)8-17(25)22-23-18/h1-7,13,21,24H,8-9H2,(H,22,25). The van der Waals surface area contributed by atoms with Crippen LogP contribution in [-0.4, -0.2) is 33.3 Å². The number of benzene rings is 1. The van der Waals surface area contributed by atoms with E-state index in [9.17, 15) is 9.90 Å². The summed E-state index contributed by atoms with van der Waals surface area (Å²) >= 11 is 5.97. The van der Waals surface area contributed by atoms with E-state index in [0.717, 1.165) is 27.7 Å². The monoisotopic (exact) mass is 354 g/mol. The molecule has 4 rings (SSSR count). The third-order valence-electron chi connectivity index (χ3n) is 4.29. The van der Waals surface area contributed by atoms with Crippen molar-refractivity contribution in [3.05, 3.63) is 53.3 Å². The largest absolute Gasteiger partial charge is 0.396 e. The van der Waals surface area contributed by atoms with E-state index in [1.807, 2.05) is 30.3 Å². The number of hydrogen-bond acceptors (Lipinski definition) is 4. The number of fused-ring (bicyclic) bond motifs is 1. The highest BCUT2D eigenvalue weighted by Crippen LogP contribution is 2.27. The summed E-state index contributed by atoms with van der Waals surface area (Å²) in [6.07, 6.45) is 1.90. The Morgan fingerprint density at radius 1 is 1.20 bits per heavy atom. The number of carbonyl (C=O) groups is 1. The van der Waals surface area contributed by atoms with E-state index in [2.05, 4.69) is 20.5 Å². The van der Waals surface area contributed by atoms with Gasteiger partial charge >= 0.3 is 0 Å². The maximum atomic E-state index is 11.5. The fourth-order valence-corrected chi connectivity index (χ4v) is 3.22. The smallest absolute Gasteiger partial charge is 0.240 e. The Morgan fingerprint density at radius 2 is 2.08 bits per heavy atom. The van der Waals surface area contributed by atoms with Crippen molar-refractivity contribution in [3.63, 3.8) is 0 Å². The SMILES string of the molecule is O=C1CC(CO)C(c2ccc3[nH]c(-c4ccnc(Cl)c4)cc3c2)=NN1. The number of nitrogens with one attached hydrogen (secondary N) is 2. The molecule has 1 amide bonds. The number of rotatable bonds is 3. The van der Waals surface area contributed by atoms with Crippen LogP contribution in [-0.2, 0) is 4.79 Å². The quantitative estimate of drug-likeness (QED) is 0.632. The summed E-state index contributed by atoms with van der Waals surface area (Å²) < 4.78 is 0. The van der Waals surface area contributed by atoms with Crippen LogP contribution in [0.3, 0.4) is 0 Å². The molecule has 126 valence electrons. The number of aliphatic hydroxyl groups excluding tert-OH is 1. The highest BCUT2D eigenvalue weighted by Gasteiger charge is 2.25. The number of carbonyl (C=O) groups excluding carboxylic acids is 1. The zero-order chi connectivity index (χ0) is 17.4. The van der Waals surface area contributed by atoms with E-state index in [4.69, 9.17) is 11.6 Å². The Kier molecular flexibility index (Phi) is 3.99. The lowest BCUT2D eigenvalue weighted by atomic mass is 9.92. The second-order valence-electron chi connectivity index (χ2n) is 5.97. The summed E-state index contributed by atoms with van der Waals surface area (Å²) in [7, 11) is 0. The van der Waals surface area contributed by atoms with Gasteiger partial charge in [-0.1, -0.05) is 17.7 Å². The molecule has 1 atom stereocenters. The molecule has 7 heteroatoms. The Balaban J connectivity index is 1.75. The minimum Gasteiger partial charge on any atom is -0.396 e. The predicted octanol–water partition coefficient (Wildman–Crippen LogP) is 2.72. The average Bonchev–Trinajstić information content (AvgIpc) is 3.05. The van der Waals surface area contributed by atoms with Crippen LogP contribution >= 0.6 is 11.6 Å². The Bertz CT molecular complexity index is 996. The summed E-state index contributed by atoms with van der Waals surface area (Å²) in [5.41, 5.74) is 6.93. The van der Waals surface area contributed by atoms with E-state index in [0.29, 0.717) is 10.9 Å². The minimum absolute atomic E-state index is 0.113. The van der Waals surface area contributed by atoms with E-state index in [1.165, 1.54) is 0 Å². The van der Waals surface area contributed by atoms with Crippen LogP contribution in [0.25, 0.3) is 22.2 Å². The number of aromatic amines is 1. The van der Waals surface area contributed by atoms with Crippen molar-refractivity contribution in [1.29, 1.82) is 0 Å². The molecule has 1 aliphatic heterocycles. The van der Waals surface area contributed by atoms with Gasteiger partial charge in [0.15, 0.2) is 0 Å². The Hall–Kier alpha value is -2.70. The molecule has 1 unspecified atom stereocenters. The number of hydrogen-bond donors (Lipinski definition) is 3. The van der Waals surface area contributed by atoms with Crippen molar-refractivity contribution in [3.8, 4) is 11.3 Å². The third-order valence-corrected chi connectivity index (χ3v) is 4.50. The van der Waals surface area contributed by atoms with Gasteiger partial charge in [0.05, 0.1) is 12.3 Å². The maximum Gasteiger partial charge on any atom is 0.240 e. The van der Waals surface area contributed by atoms with Gasteiger partial charge in [0, 0.05) is 40.7 Å². The van der Waals surface area contributed by atoms with Gasteiger partial charge in [0.1, 0.15) is 5.15 Å². The number of H-pyrrole nitrogens is 1. The molecule has 0 bridgehead atoms. The van der Waals surface area contributed by atoms with Gasteiger partial charge in [-0.05, 0) is 35.9 Å². The molecule has 1 aliphatic rings. The zero-order valence-corrected chi connectivity index (χ0v) is 13.9. The van der Waals surface area contributed by atoms with Crippen LogP contribution in [0.1, 0.15) is 12.0 Å². The first-order chi connectivity index (χ1) is 12.1. The molecule has 0 saturated heterocycles. The molecule has 6 nitrogen and oxygen atoms in total. The summed E-state index contributed by atoms with van der Waals surface area (Å²) in [6.45, 7) is -0.113. The highest BCUT2D eigenvalue weighted by molar-refractivity contribution is 6.29. The first-order valence-electron chi connectivity index (χ1n) is 7.86. The second kappa shape index (κ2) is 6.31. The van der Waals surface area contributed by atoms with E-state index in [1.54, 1.807) is 12.3 Å². The van der Waals surface area contributed by atoms with Gasteiger partial charge in [0.2, 0.25) is 5.91 Å². The molecule has 0 radical (unpaired) electrons. The third kappa shape index (κ3) is 3.01. The van der Waals surface area contributed by atoms with Gasteiger partial charge in [-0.2, -0.15) is 5.10 Å². The molecule has 0 fully saturated rings. The van der Waals surface area contributed by atoms with Crippen LogP contribution in [0.5, 0.6) is 0 Å². The molecule has 3 N–H and O–H groups in total. The maximum absolute atomic E-state index is 11.5. The minimum atomic E-state index is -0.288. The average molecular weight is 355 g/mol. The Morgan fingerprint density at radius 3 is 2.88 bits per heavy atom. The van der Waals surface area contributed by atoms with Gasteiger partial charge in [-0.3, -0.25) is 4.79 Å². The zero-order valence-electron chi connectivity index (χ0n) is 13.2. The lowest BCUT2D eigenvalue weighted by Crippen LogP contribution is -2.35. The van der Waals surface area contributed by atoms with Crippen LogP contribution in [0.2, 0.25) is 5.15 Å².